The first-order valence-corrected chi connectivity index (χ1v) is 10.7. The van der Waals surface area contributed by atoms with Crippen LogP contribution in [0.15, 0.2) is 42.9 Å². The van der Waals surface area contributed by atoms with Gasteiger partial charge in [0.15, 0.2) is 0 Å². The molecule has 1 amide bonds. The predicted octanol–water partition coefficient (Wildman–Crippen LogP) is 3.56. The molecule has 158 valence electrons. The minimum Gasteiger partial charge on any atom is -0.371 e. The highest BCUT2D eigenvalue weighted by Gasteiger charge is 2.25. The summed E-state index contributed by atoms with van der Waals surface area (Å²) in [5, 5.41) is 3.92. The van der Waals surface area contributed by atoms with Gasteiger partial charge in [-0.15, -0.1) is 0 Å². The first-order chi connectivity index (χ1) is 14.7. The van der Waals surface area contributed by atoms with E-state index in [1.165, 1.54) is 6.07 Å². The van der Waals surface area contributed by atoms with E-state index in [1.54, 1.807) is 18.3 Å². The van der Waals surface area contributed by atoms with Crippen molar-refractivity contribution in [3.8, 4) is 0 Å². The molecule has 0 unspecified atom stereocenters. The summed E-state index contributed by atoms with van der Waals surface area (Å²) in [6, 6.07) is 6.62. The average Bonchev–Trinajstić information content (AvgIpc) is 3.24. The number of aromatic nitrogens is 3. The third kappa shape index (κ3) is 4.45. The zero-order valence-electron chi connectivity index (χ0n) is 17.4. The minimum atomic E-state index is -0.257. The van der Waals surface area contributed by atoms with Crippen LogP contribution in [0.25, 0.3) is 10.9 Å². The molecular formula is C23H28FN5O. The van der Waals surface area contributed by atoms with Gasteiger partial charge in [-0.1, -0.05) is 6.92 Å². The highest BCUT2D eigenvalue weighted by Crippen LogP contribution is 2.29. The topological polar surface area (TPSA) is 63.1 Å². The van der Waals surface area contributed by atoms with Crippen molar-refractivity contribution in [1.82, 2.24) is 19.9 Å². The molecule has 1 aliphatic rings. The third-order valence-corrected chi connectivity index (χ3v) is 5.88. The van der Waals surface area contributed by atoms with Gasteiger partial charge in [0.25, 0.3) is 0 Å². The molecule has 4 rings (SSSR count). The summed E-state index contributed by atoms with van der Waals surface area (Å²) < 4.78 is 15.9. The summed E-state index contributed by atoms with van der Waals surface area (Å²) in [6.45, 7) is 5.20. The van der Waals surface area contributed by atoms with E-state index >= 15 is 0 Å². The Morgan fingerprint density at radius 3 is 2.83 bits per heavy atom. The summed E-state index contributed by atoms with van der Waals surface area (Å²) in [7, 11) is 0. The quantitative estimate of drug-likeness (QED) is 0.606. The summed E-state index contributed by atoms with van der Waals surface area (Å²) in [4.78, 5) is 23.5. The number of fused-ring (bicyclic) bond motifs is 1. The number of hydrogen-bond donors (Lipinski definition) is 1. The van der Waals surface area contributed by atoms with Crippen LogP contribution in [0.1, 0.15) is 32.0 Å². The predicted molar refractivity (Wildman–Crippen MR) is 116 cm³/mol. The fourth-order valence-electron chi connectivity index (χ4n) is 4.23. The largest absolute Gasteiger partial charge is 0.371 e. The Morgan fingerprint density at radius 2 is 2.03 bits per heavy atom. The van der Waals surface area contributed by atoms with E-state index in [1.807, 2.05) is 18.5 Å². The van der Waals surface area contributed by atoms with Crippen molar-refractivity contribution in [2.75, 3.05) is 24.5 Å². The molecule has 0 aliphatic carbocycles. The molecule has 0 atom stereocenters. The Hall–Kier alpha value is -2.96. The van der Waals surface area contributed by atoms with E-state index in [-0.39, 0.29) is 17.6 Å². The van der Waals surface area contributed by atoms with Crippen LogP contribution in [0.4, 0.5) is 10.1 Å². The van der Waals surface area contributed by atoms with Gasteiger partial charge in [-0.25, -0.2) is 9.37 Å². The summed E-state index contributed by atoms with van der Waals surface area (Å²) in [6.07, 6.45) is 8.98. The minimum absolute atomic E-state index is 0.0329. The lowest BCUT2D eigenvalue weighted by Crippen LogP contribution is -2.41. The molecule has 1 aromatic carbocycles. The van der Waals surface area contributed by atoms with Crippen LogP contribution >= 0.6 is 0 Å². The van der Waals surface area contributed by atoms with Gasteiger partial charge < -0.3 is 14.8 Å². The molecule has 0 radical (unpaired) electrons. The van der Waals surface area contributed by atoms with E-state index in [0.29, 0.717) is 6.54 Å². The molecule has 2 aromatic heterocycles. The van der Waals surface area contributed by atoms with Crippen LogP contribution in [-0.2, 0) is 17.8 Å². The maximum absolute atomic E-state index is 13.7. The summed E-state index contributed by atoms with van der Waals surface area (Å²) in [5.74, 6) is 0.997. The Bertz CT molecular complexity index is 1010. The number of halogens is 1. The molecule has 6 nitrogen and oxygen atoms in total. The van der Waals surface area contributed by atoms with E-state index in [2.05, 4.69) is 31.7 Å². The fourth-order valence-corrected chi connectivity index (χ4v) is 4.23. The zero-order chi connectivity index (χ0) is 20.9. The molecule has 0 spiro atoms. The number of nitrogens with zero attached hydrogens (tertiary/aromatic N) is 4. The van der Waals surface area contributed by atoms with Crippen molar-refractivity contribution in [3.63, 3.8) is 0 Å². The van der Waals surface area contributed by atoms with Crippen LogP contribution in [0.3, 0.4) is 0 Å². The smallest absolute Gasteiger partial charge is 0.223 e. The maximum atomic E-state index is 13.7. The Balaban J connectivity index is 1.27. The van der Waals surface area contributed by atoms with Crippen molar-refractivity contribution in [3.05, 3.63) is 54.5 Å². The average molecular weight is 410 g/mol. The molecule has 0 bridgehead atoms. The molecule has 30 heavy (non-hydrogen) atoms. The number of imidazole rings is 1. The summed E-state index contributed by atoms with van der Waals surface area (Å²) >= 11 is 0. The van der Waals surface area contributed by atoms with Crippen LogP contribution in [0.5, 0.6) is 0 Å². The highest BCUT2D eigenvalue weighted by atomic mass is 19.1. The van der Waals surface area contributed by atoms with Gasteiger partial charge in [0.2, 0.25) is 5.91 Å². The van der Waals surface area contributed by atoms with Crippen molar-refractivity contribution >= 4 is 22.5 Å². The van der Waals surface area contributed by atoms with Crippen molar-refractivity contribution in [1.29, 1.82) is 0 Å². The number of carbonyl (C=O) groups excluding carboxylic acids is 1. The van der Waals surface area contributed by atoms with Gasteiger partial charge >= 0.3 is 0 Å². The van der Waals surface area contributed by atoms with Crippen molar-refractivity contribution in [2.24, 2.45) is 5.92 Å². The second-order valence-electron chi connectivity index (χ2n) is 7.79. The van der Waals surface area contributed by atoms with Crippen molar-refractivity contribution in [2.45, 2.75) is 39.2 Å². The number of rotatable bonds is 7. The van der Waals surface area contributed by atoms with Gasteiger partial charge in [0, 0.05) is 68.2 Å². The lowest BCUT2D eigenvalue weighted by atomic mass is 9.95. The number of pyridine rings is 1. The van der Waals surface area contributed by atoms with Crippen LogP contribution in [0, 0.1) is 11.7 Å². The second-order valence-corrected chi connectivity index (χ2v) is 7.79. The third-order valence-electron chi connectivity index (χ3n) is 5.88. The zero-order valence-corrected chi connectivity index (χ0v) is 17.4. The molecule has 3 heterocycles. The number of benzene rings is 1. The summed E-state index contributed by atoms with van der Waals surface area (Å²) in [5.41, 5.74) is 1.78. The fraction of sp³-hybridized carbons (Fsp3) is 0.435. The molecule has 0 saturated carbocycles. The molecule has 3 aromatic rings. The number of anilines is 1. The van der Waals surface area contributed by atoms with Crippen molar-refractivity contribution < 1.29 is 9.18 Å². The number of hydrogen-bond acceptors (Lipinski definition) is 4. The van der Waals surface area contributed by atoms with E-state index in [0.717, 1.165) is 67.7 Å². The number of carbonyl (C=O) groups is 1. The molecular weight excluding hydrogens is 381 g/mol. The number of piperidine rings is 1. The van der Waals surface area contributed by atoms with Gasteiger partial charge in [0.1, 0.15) is 11.6 Å². The normalized spacial score (nSPS) is 14.9. The van der Waals surface area contributed by atoms with E-state index in [4.69, 9.17) is 0 Å². The molecule has 1 N–H and O–H groups in total. The van der Waals surface area contributed by atoms with Gasteiger partial charge in [-0.3, -0.25) is 9.78 Å². The SMILES string of the molecule is CCc1nccn1CCCNC(=O)C1CCN(c2ccnc3ccc(F)cc23)CC1. The van der Waals surface area contributed by atoms with Crippen LogP contribution < -0.4 is 10.2 Å². The van der Waals surface area contributed by atoms with Gasteiger partial charge in [0.05, 0.1) is 5.52 Å². The molecule has 7 heteroatoms. The number of nitrogens with one attached hydrogen (secondary N) is 1. The lowest BCUT2D eigenvalue weighted by Gasteiger charge is -2.33. The lowest BCUT2D eigenvalue weighted by molar-refractivity contribution is -0.125. The Labute approximate surface area is 176 Å². The Kier molecular flexibility index (Phi) is 6.26. The van der Waals surface area contributed by atoms with E-state index < -0.39 is 0 Å². The number of amides is 1. The molecule has 1 aliphatic heterocycles. The molecule has 1 fully saturated rings. The van der Waals surface area contributed by atoms with Crippen LogP contribution in [0.2, 0.25) is 0 Å². The highest BCUT2D eigenvalue weighted by molar-refractivity contribution is 5.91. The number of aryl methyl sites for hydroxylation is 2. The second kappa shape index (κ2) is 9.24. The standard InChI is InChI=1S/C23H28FN5O/c1-2-22-26-11-15-29(22)12-3-9-27-23(30)17-7-13-28(14-8-17)21-6-10-25-20-5-4-18(24)16-19(20)21/h4-6,10-11,15-17H,2-3,7-9,12-14H2,1H3,(H,27,30). The Morgan fingerprint density at radius 1 is 1.20 bits per heavy atom. The monoisotopic (exact) mass is 409 g/mol. The van der Waals surface area contributed by atoms with Crippen LogP contribution in [-0.4, -0.2) is 40.1 Å². The first kappa shape index (κ1) is 20.3. The van der Waals surface area contributed by atoms with Gasteiger partial charge in [-0.2, -0.15) is 0 Å². The molecule has 1 saturated heterocycles. The van der Waals surface area contributed by atoms with Gasteiger partial charge in [-0.05, 0) is 43.5 Å². The van der Waals surface area contributed by atoms with E-state index in [9.17, 15) is 9.18 Å². The maximum Gasteiger partial charge on any atom is 0.223 e. The first-order valence-electron chi connectivity index (χ1n) is 10.7.